The number of rotatable bonds is 2. The van der Waals surface area contributed by atoms with Crippen molar-refractivity contribution in [1.82, 2.24) is 10.2 Å². The van der Waals surface area contributed by atoms with E-state index in [1.807, 2.05) is 0 Å². The quantitative estimate of drug-likeness (QED) is 0.713. The van der Waals surface area contributed by atoms with Crippen molar-refractivity contribution >= 4 is 27.7 Å². The zero-order valence-electron chi connectivity index (χ0n) is 6.80. The summed E-state index contributed by atoms with van der Waals surface area (Å²) >= 11 is 3.23. The Labute approximate surface area is 83.2 Å². The van der Waals surface area contributed by atoms with E-state index in [0.717, 1.165) is 17.3 Å². The molecule has 1 aliphatic rings. The van der Waals surface area contributed by atoms with Crippen LogP contribution in [0.3, 0.4) is 0 Å². The van der Waals surface area contributed by atoms with Gasteiger partial charge in [-0.15, -0.1) is 0 Å². The lowest BCUT2D eigenvalue weighted by molar-refractivity contribution is -0.118. The molecule has 1 fully saturated rings. The molecule has 0 radical (unpaired) electrons. The van der Waals surface area contributed by atoms with Crippen LogP contribution in [0.5, 0.6) is 0 Å². The second-order valence-corrected chi connectivity index (χ2v) is 4.06. The van der Waals surface area contributed by atoms with Crippen LogP contribution < -0.4 is 11.1 Å². The highest BCUT2D eigenvalue weighted by Crippen LogP contribution is 2.33. The maximum absolute atomic E-state index is 11.4. The highest BCUT2D eigenvalue weighted by Gasteiger charge is 2.46. The van der Waals surface area contributed by atoms with Gasteiger partial charge in [-0.1, -0.05) is 0 Å². The molecule has 0 bridgehead atoms. The van der Waals surface area contributed by atoms with Gasteiger partial charge in [0, 0.05) is 0 Å². The average molecular weight is 245 g/mol. The van der Waals surface area contributed by atoms with E-state index in [1.165, 1.54) is 0 Å². The Bertz CT molecular complexity index is 344. The van der Waals surface area contributed by atoms with Gasteiger partial charge in [0.25, 0.3) is 0 Å². The first-order chi connectivity index (χ1) is 6.12. The Kier molecular flexibility index (Phi) is 1.88. The number of hydrogen-bond acceptors (Lipinski definition) is 3. The summed E-state index contributed by atoms with van der Waals surface area (Å²) < 4.78 is 0.727. The Hall–Kier alpha value is -0.880. The molecule has 2 rings (SSSR count). The molecule has 5 nitrogen and oxygen atoms in total. The highest BCUT2D eigenvalue weighted by atomic mass is 79.9. The Morgan fingerprint density at radius 2 is 2.46 bits per heavy atom. The summed E-state index contributed by atoms with van der Waals surface area (Å²) in [6.45, 7) is 0. The van der Waals surface area contributed by atoms with Gasteiger partial charge in [0.2, 0.25) is 5.91 Å². The van der Waals surface area contributed by atoms with Crippen LogP contribution in [-0.2, 0) is 4.79 Å². The number of nitrogens with two attached hydrogens (primary N) is 1. The van der Waals surface area contributed by atoms with Crippen molar-refractivity contribution in [2.24, 2.45) is 5.73 Å². The molecule has 1 aliphatic carbocycles. The number of nitrogens with one attached hydrogen (secondary N) is 2. The van der Waals surface area contributed by atoms with Crippen molar-refractivity contribution in [1.29, 1.82) is 0 Å². The van der Waals surface area contributed by atoms with Crippen LogP contribution in [0.2, 0.25) is 0 Å². The van der Waals surface area contributed by atoms with Crippen molar-refractivity contribution in [2.75, 3.05) is 5.32 Å². The zero-order chi connectivity index (χ0) is 9.47. The second-order valence-electron chi connectivity index (χ2n) is 3.20. The molecule has 1 amide bonds. The zero-order valence-corrected chi connectivity index (χ0v) is 8.39. The van der Waals surface area contributed by atoms with E-state index in [1.54, 1.807) is 6.20 Å². The molecule has 4 N–H and O–H groups in total. The normalized spacial score (nSPS) is 18.3. The van der Waals surface area contributed by atoms with Crippen molar-refractivity contribution in [3.63, 3.8) is 0 Å². The Morgan fingerprint density at radius 3 is 2.92 bits per heavy atom. The smallest absolute Gasteiger partial charge is 0.245 e. The third kappa shape index (κ3) is 1.59. The summed E-state index contributed by atoms with van der Waals surface area (Å²) in [4.78, 5) is 11.4. The third-order valence-electron chi connectivity index (χ3n) is 2.07. The van der Waals surface area contributed by atoms with E-state index in [9.17, 15) is 4.79 Å². The lowest BCUT2D eigenvalue weighted by Crippen LogP contribution is -2.38. The van der Waals surface area contributed by atoms with E-state index in [-0.39, 0.29) is 5.91 Å². The molecule has 0 aliphatic heterocycles. The summed E-state index contributed by atoms with van der Waals surface area (Å²) in [5, 5.41) is 9.07. The minimum Gasteiger partial charge on any atom is -0.317 e. The number of anilines is 1. The van der Waals surface area contributed by atoms with Crippen LogP contribution >= 0.6 is 15.9 Å². The molecule has 0 spiro atoms. The monoisotopic (exact) mass is 244 g/mol. The van der Waals surface area contributed by atoms with E-state index in [0.29, 0.717) is 5.82 Å². The van der Waals surface area contributed by atoms with Gasteiger partial charge >= 0.3 is 0 Å². The molecule has 0 saturated heterocycles. The summed E-state index contributed by atoms with van der Waals surface area (Å²) in [6, 6.07) is 0. The van der Waals surface area contributed by atoms with Gasteiger partial charge in [0.1, 0.15) is 5.82 Å². The minimum atomic E-state index is -0.648. The molecule has 0 aromatic carbocycles. The number of hydrogen-bond donors (Lipinski definition) is 3. The van der Waals surface area contributed by atoms with Crippen LogP contribution in [0.25, 0.3) is 0 Å². The van der Waals surface area contributed by atoms with Crippen molar-refractivity contribution in [3.05, 3.63) is 10.7 Å². The number of H-pyrrole nitrogens is 1. The summed E-state index contributed by atoms with van der Waals surface area (Å²) in [5.74, 6) is 0.402. The molecular formula is C7H9BrN4O. The van der Waals surface area contributed by atoms with Crippen molar-refractivity contribution in [2.45, 2.75) is 18.4 Å². The fourth-order valence-corrected chi connectivity index (χ4v) is 1.25. The number of halogens is 1. The van der Waals surface area contributed by atoms with Gasteiger partial charge in [-0.3, -0.25) is 9.89 Å². The number of carbonyl (C=O) groups is 1. The maximum Gasteiger partial charge on any atom is 0.245 e. The van der Waals surface area contributed by atoms with Gasteiger partial charge in [-0.25, -0.2) is 0 Å². The van der Waals surface area contributed by atoms with Crippen LogP contribution in [0.4, 0.5) is 5.82 Å². The molecule has 1 saturated carbocycles. The van der Waals surface area contributed by atoms with Gasteiger partial charge in [0.05, 0.1) is 16.2 Å². The Balaban J connectivity index is 2.06. The predicted octanol–water partition coefficient (Wildman–Crippen LogP) is 0.602. The Morgan fingerprint density at radius 1 is 1.77 bits per heavy atom. The number of aromatic nitrogens is 2. The fourth-order valence-electron chi connectivity index (χ4n) is 0.959. The van der Waals surface area contributed by atoms with Crippen LogP contribution in [0.15, 0.2) is 10.7 Å². The minimum absolute atomic E-state index is 0.155. The fraction of sp³-hybridized carbons (Fsp3) is 0.429. The molecule has 1 heterocycles. The van der Waals surface area contributed by atoms with E-state index in [2.05, 4.69) is 31.4 Å². The molecule has 1 aromatic heterocycles. The average Bonchev–Trinajstić information content (AvgIpc) is 2.72. The second kappa shape index (κ2) is 2.81. The lowest BCUT2D eigenvalue weighted by Gasteiger charge is -2.07. The third-order valence-corrected chi connectivity index (χ3v) is 2.67. The van der Waals surface area contributed by atoms with E-state index >= 15 is 0 Å². The first-order valence-electron chi connectivity index (χ1n) is 3.91. The summed E-state index contributed by atoms with van der Waals surface area (Å²) in [7, 11) is 0. The number of carbonyl (C=O) groups excluding carboxylic acids is 1. The SMILES string of the molecule is NC1(C(=O)Nc2[nH]ncc2Br)CC1. The first-order valence-corrected chi connectivity index (χ1v) is 4.70. The lowest BCUT2D eigenvalue weighted by atomic mass is 10.3. The molecule has 6 heteroatoms. The van der Waals surface area contributed by atoms with Gasteiger partial charge in [0.15, 0.2) is 0 Å². The van der Waals surface area contributed by atoms with Crippen LogP contribution in [-0.4, -0.2) is 21.6 Å². The summed E-state index contributed by atoms with van der Waals surface area (Å²) in [5.41, 5.74) is 5.05. The van der Waals surface area contributed by atoms with Crippen LogP contribution in [0.1, 0.15) is 12.8 Å². The predicted molar refractivity (Wildman–Crippen MR) is 51.1 cm³/mol. The van der Waals surface area contributed by atoms with Gasteiger partial charge in [-0.05, 0) is 28.8 Å². The molecular weight excluding hydrogens is 236 g/mol. The molecule has 0 atom stereocenters. The van der Waals surface area contributed by atoms with Crippen molar-refractivity contribution < 1.29 is 4.79 Å². The first kappa shape index (κ1) is 8.71. The largest absolute Gasteiger partial charge is 0.317 e. The topological polar surface area (TPSA) is 83.8 Å². The summed E-state index contributed by atoms with van der Waals surface area (Å²) in [6.07, 6.45) is 3.08. The van der Waals surface area contributed by atoms with Crippen molar-refractivity contribution in [3.8, 4) is 0 Å². The van der Waals surface area contributed by atoms with Gasteiger partial charge in [-0.2, -0.15) is 5.10 Å². The molecule has 0 unspecified atom stereocenters. The molecule has 70 valence electrons. The van der Waals surface area contributed by atoms with Gasteiger partial charge < -0.3 is 11.1 Å². The van der Waals surface area contributed by atoms with E-state index in [4.69, 9.17) is 5.73 Å². The number of aromatic amines is 1. The molecule has 13 heavy (non-hydrogen) atoms. The standard InChI is InChI=1S/C7H9BrN4O/c8-4-3-10-12-5(4)11-6(13)7(9)1-2-7/h3H,1-2,9H2,(H2,10,11,12,13). The maximum atomic E-state index is 11.4. The van der Waals surface area contributed by atoms with Crippen LogP contribution in [0, 0.1) is 0 Å². The highest BCUT2D eigenvalue weighted by molar-refractivity contribution is 9.10. The number of amides is 1. The van der Waals surface area contributed by atoms with E-state index < -0.39 is 5.54 Å². The number of nitrogens with zero attached hydrogens (tertiary/aromatic N) is 1. The molecule has 1 aromatic rings.